The predicted molar refractivity (Wildman–Crippen MR) is 83.0 cm³/mol. The number of amides is 1. The Morgan fingerprint density at radius 1 is 1.36 bits per heavy atom. The third-order valence-electron chi connectivity index (χ3n) is 3.18. The fourth-order valence-electron chi connectivity index (χ4n) is 2.02. The molecule has 6 nitrogen and oxygen atoms in total. The molecule has 2 rings (SSSR count). The Bertz CT molecular complexity index is 569. The quantitative estimate of drug-likeness (QED) is 0.773. The highest BCUT2D eigenvalue weighted by Crippen LogP contribution is 2.23. The Kier molecular flexibility index (Phi) is 5.55. The zero-order valence-electron chi connectivity index (χ0n) is 12.5. The number of Topliss-reactive ketones (excluding diaryl/α,β-unsaturated/α-hetero) is 1. The molecule has 1 aromatic carbocycles. The molecule has 1 aromatic rings. The Labute approximate surface area is 137 Å². The molecule has 0 atom stereocenters. The van der Waals surface area contributed by atoms with Gasteiger partial charge in [-0.15, -0.1) is 0 Å². The number of carbonyl (C=O) groups excluding carboxylic acids is 2. The molecular weight excluding hydrogens is 354 g/mol. The first-order valence-electron chi connectivity index (χ1n) is 6.87. The van der Waals surface area contributed by atoms with Gasteiger partial charge in [0.05, 0.1) is 25.3 Å². The first kappa shape index (κ1) is 16.9. The van der Waals surface area contributed by atoms with Gasteiger partial charge in [0.2, 0.25) is 0 Å². The highest BCUT2D eigenvalue weighted by molar-refractivity contribution is 9.10. The van der Waals surface area contributed by atoms with E-state index in [1.165, 1.54) is 6.92 Å². The van der Waals surface area contributed by atoms with Crippen LogP contribution in [-0.4, -0.2) is 43.8 Å². The van der Waals surface area contributed by atoms with Crippen molar-refractivity contribution in [3.8, 4) is 5.75 Å². The van der Waals surface area contributed by atoms with E-state index in [2.05, 4.69) is 21.2 Å². The number of benzene rings is 1. The molecule has 0 aliphatic carbocycles. The van der Waals surface area contributed by atoms with Crippen LogP contribution in [0.3, 0.4) is 0 Å². The van der Waals surface area contributed by atoms with Crippen molar-refractivity contribution >= 4 is 27.6 Å². The largest absolute Gasteiger partial charge is 0.483 e. The number of hydrogen-bond donors (Lipinski definition) is 1. The maximum absolute atomic E-state index is 11.8. The number of halogens is 1. The molecule has 120 valence electrons. The third-order valence-corrected chi connectivity index (χ3v) is 3.68. The van der Waals surface area contributed by atoms with E-state index in [4.69, 9.17) is 14.2 Å². The molecule has 1 N–H and O–H groups in total. The van der Waals surface area contributed by atoms with E-state index >= 15 is 0 Å². The van der Waals surface area contributed by atoms with Gasteiger partial charge in [0, 0.05) is 4.47 Å². The molecule has 0 aromatic heterocycles. The van der Waals surface area contributed by atoms with Gasteiger partial charge >= 0.3 is 0 Å². The van der Waals surface area contributed by atoms with Crippen molar-refractivity contribution in [2.45, 2.75) is 19.6 Å². The lowest BCUT2D eigenvalue weighted by atomic mass is 10.1. The first-order valence-corrected chi connectivity index (χ1v) is 7.67. The van der Waals surface area contributed by atoms with Crippen molar-refractivity contribution < 1.29 is 23.8 Å². The number of carbonyl (C=O) groups is 2. The molecule has 1 amide bonds. The zero-order chi connectivity index (χ0) is 16.2. The average molecular weight is 372 g/mol. The molecule has 7 heteroatoms. The van der Waals surface area contributed by atoms with E-state index in [9.17, 15) is 9.59 Å². The normalized spacial score (nSPS) is 16.3. The minimum atomic E-state index is -0.780. The second-order valence-corrected chi connectivity index (χ2v) is 6.01. The van der Waals surface area contributed by atoms with Crippen molar-refractivity contribution in [1.82, 2.24) is 5.32 Å². The Hall–Kier alpha value is -1.44. The summed E-state index contributed by atoms with van der Waals surface area (Å²) < 4.78 is 17.0. The fraction of sp³-hybridized carbons (Fsp3) is 0.467. The number of nitrogens with one attached hydrogen (secondary N) is 1. The van der Waals surface area contributed by atoms with Crippen LogP contribution in [0.4, 0.5) is 0 Å². The van der Waals surface area contributed by atoms with Gasteiger partial charge in [0.15, 0.2) is 18.2 Å². The van der Waals surface area contributed by atoms with Gasteiger partial charge in [-0.05, 0) is 32.0 Å². The van der Waals surface area contributed by atoms with Gasteiger partial charge in [-0.2, -0.15) is 0 Å². The van der Waals surface area contributed by atoms with Crippen molar-refractivity contribution in [3.05, 3.63) is 28.2 Å². The molecule has 0 radical (unpaired) electrons. The summed E-state index contributed by atoms with van der Waals surface area (Å²) in [6, 6.07) is 5.07. The second-order valence-electron chi connectivity index (χ2n) is 5.09. The summed E-state index contributed by atoms with van der Waals surface area (Å²) in [4.78, 5) is 23.4. The van der Waals surface area contributed by atoms with Crippen molar-refractivity contribution in [2.75, 3.05) is 26.4 Å². The van der Waals surface area contributed by atoms with Crippen LogP contribution in [0.1, 0.15) is 24.2 Å². The van der Waals surface area contributed by atoms with E-state index in [1.54, 1.807) is 25.1 Å². The van der Waals surface area contributed by atoms with Crippen LogP contribution in [0.15, 0.2) is 22.7 Å². The van der Waals surface area contributed by atoms with E-state index in [0.717, 1.165) is 4.47 Å². The van der Waals surface area contributed by atoms with Gasteiger partial charge in [-0.25, -0.2) is 0 Å². The van der Waals surface area contributed by atoms with Crippen LogP contribution in [-0.2, 0) is 14.3 Å². The topological polar surface area (TPSA) is 73.9 Å². The molecule has 0 bridgehead atoms. The monoisotopic (exact) mass is 371 g/mol. The Morgan fingerprint density at radius 2 is 2.05 bits per heavy atom. The zero-order valence-corrected chi connectivity index (χ0v) is 14.1. The smallest absolute Gasteiger partial charge is 0.258 e. The van der Waals surface area contributed by atoms with Gasteiger partial charge in [-0.3, -0.25) is 9.59 Å². The van der Waals surface area contributed by atoms with Gasteiger partial charge in [-0.1, -0.05) is 15.9 Å². The van der Waals surface area contributed by atoms with Crippen molar-refractivity contribution in [3.63, 3.8) is 0 Å². The van der Waals surface area contributed by atoms with E-state index in [0.29, 0.717) is 24.5 Å². The lowest BCUT2D eigenvalue weighted by molar-refractivity contribution is -0.146. The standard InChI is InChI=1S/C15H18BrNO5/c1-10(18)12-7-11(16)3-4-13(12)20-8-14(19)17-9-15(2)21-5-6-22-15/h3-4,7H,5-6,8-9H2,1-2H3,(H,17,19). The molecule has 1 aliphatic heterocycles. The average Bonchev–Trinajstić information content (AvgIpc) is 2.91. The second kappa shape index (κ2) is 7.21. The highest BCUT2D eigenvalue weighted by Gasteiger charge is 2.31. The molecule has 1 saturated heterocycles. The minimum absolute atomic E-state index is 0.128. The van der Waals surface area contributed by atoms with Gasteiger partial charge in [0.1, 0.15) is 5.75 Å². The molecular formula is C15H18BrNO5. The summed E-state index contributed by atoms with van der Waals surface area (Å²) in [5, 5.41) is 2.69. The maximum Gasteiger partial charge on any atom is 0.258 e. The fourth-order valence-corrected chi connectivity index (χ4v) is 2.38. The minimum Gasteiger partial charge on any atom is -0.483 e. The molecule has 1 fully saturated rings. The van der Waals surface area contributed by atoms with E-state index in [1.807, 2.05) is 0 Å². The molecule has 1 heterocycles. The van der Waals surface area contributed by atoms with Crippen LogP contribution < -0.4 is 10.1 Å². The molecule has 22 heavy (non-hydrogen) atoms. The summed E-state index contributed by atoms with van der Waals surface area (Å²) in [6.07, 6.45) is 0. The number of ether oxygens (including phenoxy) is 3. The number of hydrogen-bond acceptors (Lipinski definition) is 5. The van der Waals surface area contributed by atoms with E-state index in [-0.39, 0.29) is 24.8 Å². The maximum atomic E-state index is 11.8. The van der Waals surface area contributed by atoms with Gasteiger partial charge < -0.3 is 19.5 Å². The predicted octanol–water partition coefficient (Wildman–Crippen LogP) is 1.91. The van der Waals surface area contributed by atoms with Crippen molar-refractivity contribution in [2.24, 2.45) is 0 Å². The summed E-state index contributed by atoms with van der Waals surface area (Å²) in [6.45, 7) is 4.31. The highest BCUT2D eigenvalue weighted by atomic mass is 79.9. The number of rotatable bonds is 6. The van der Waals surface area contributed by atoms with Crippen LogP contribution in [0.2, 0.25) is 0 Å². The third kappa shape index (κ3) is 4.53. The summed E-state index contributed by atoms with van der Waals surface area (Å²) in [5.41, 5.74) is 0.427. The SMILES string of the molecule is CC(=O)c1cc(Br)ccc1OCC(=O)NCC1(C)OCCO1. The van der Waals surface area contributed by atoms with Crippen LogP contribution in [0.5, 0.6) is 5.75 Å². The molecule has 0 unspecified atom stereocenters. The lowest BCUT2D eigenvalue weighted by Crippen LogP contribution is -2.43. The van der Waals surface area contributed by atoms with E-state index < -0.39 is 5.79 Å². The lowest BCUT2D eigenvalue weighted by Gasteiger charge is -2.22. The van der Waals surface area contributed by atoms with Crippen LogP contribution in [0, 0.1) is 0 Å². The Morgan fingerprint density at radius 3 is 2.68 bits per heavy atom. The summed E-state index contributed by atoms with van der Waals surface area (Å²) >= 11 is 3.30. The summed E-state index contributed by atoms with van der Waals surface area (Å²) in [5.74, 6) is -0.835. The molecule has 0 saturated carbocycles. The number of ketones is 1. The van der Waals surface area contributed by atoms with Crippen molar-refractivity contribution in [1.29, 1.82) is 0 Å². The molecule has 1 aliphatic rings. The van der Waals surface area contributed by atoms with Gasteiger partial charge in [0.25, 0.3) is 5.91 Å². The molecule has 0 spiro atoms. The first-order chi connectivity index (χ1) is 10.4. The Balaban J connectivity index is 1.87. The van der Waals surface area contributed by atoms with Crippen LogP contribution in [0.25, 0.3) is 0 Å². The summed E-state index contributed by atoms with van der Waals surface area (Å²) in [7, 11) is 0. The van der Waals surface area contributed by atoms with Crippen LogP contribution >= 0.6 is 15.9 Å².